The Balaban J connectivity index is 1.87. The third-order valence-corrected chi connectivity index (χ3v) is 6.66. The van der Waals surface area contributed by atoms with Crippen molar-refractivity contribution < 1.29 is 29.0 Å². The van der Waals surface area contributed by atoms with E-state index in [1.165, 1.54) is 0 Å². The fourth-order valence-electron chi connectivity index (χ4n) is 4.81. The number of Topliss-reactive ketones (excluding diaryl/α,β-unsaturated/α-hetero) is 1. The lowest BCUT2D eigenvalue weighted by molar-refractivity contribution is -0.131. The number of aliphatic hydroxyl groups excluding tert-OH is 1. The van der Waals surface area contributed by atoms with Crippen LogP contribution in [0.25, 0.3) is 10.9 Å². The second-order valence-electron chi connectivity index (χ2n) is 10.3. The van der Waals surface area contributed by atoms with E-state index >= 15 is 0 Å². The van der Waals surface area contributed by atoms with E-state index < -0.39 is 42.2 Å². The SMILES string of the molecule is C=C(C)Cn1c(C(=O)N[C@H](CC(C)C)C(=O)N[C@H](C[C@H]2CCNC2=O)C(=O)CO)cc2c(OC)cccc21. The molecule has 0 spiro atoms. The second-order valence-corrected chi connectivity index (χ2v) is 10.3. The lowest BCUT2D eigenvalue weighted by atomic mass is 9.95. The van der Waals surface area contributed by atoms with Gasteiger partial charge in [-0.15, -0.1) is 0 Å². The molecule has 2 aromatic rings. The van der Waals surface area contributed by atoms with Crippen LogP contribution in [0.4, 0.5) is 0 Å². The number of ketones is 1. The highest BCUT2D eigenvalue weighted by Gasteiger charge is 2.33. The summed E-state index contributed by atoms with van der Waals surface area (Å²) in [5.74, 6) is -1.51. The molecule has 0 aliphatic carbocycles. The minimum Gasteiger partial charge on any atom is -0.496 e. The molecule has 1 aliphatic heterocycles. The van der Waals surface area contributed by atoms with Gasteiger partial charge in [0.15, 0.2) is 5.78 Å². The molecule has 0 radical (unpaired) electrons. The monoisotopic (exact) mass is 526 g/mol. The van der Waals surface area contributed by atoms with Crippen LogP contribution < -0.4 is 20.7 Å². The van der Waals surface area contributed by atoms with E-state index in [2.05, 4.69) is 22.5 Å². The first-order chi connectivity index (χ1) is 18.0. The van der Waals surface area contributed by atoms with Crippen molar-refractivity contribution in [1.29, 1.82) is 0 Å². The zero-order valence-electron chi connectivity index (χ0n) is 22.5. The average molecular weight is 527 g/mol. The second kappa shape index (κ2) is 12.7. The Bertz CT molecular complexity index is 1220. The molecule has 1 aromatic carbocycles. The van der Waals surface area contributed by atoms with Crippen molar-refractivity contribution in [2.24, 2.45) is 11.8 Å². The van der Waals surface area contributed by atoms with E-state index in [1.54, 1.807) is 13.2 Å². The van der Waals surface area contributed by atoms with Crippen LogP contribution in [0, 0.1) is 11.8 Å². The lowest BCUT2D eigenvalue weighted by Crippen LogP contribution is -2.53. The van der Waals surface area contributed by atoms with Crippen molar-refractivity contribution in [3.8, 4) is 5.75 Å². The van der Waals surface area contributed by atoms with Crippen molar-refractivity contribution in [3.05, 3.63) is 42.1 Å². The highest BCUT2D eigenvalue weighted by Crippen LogP contribution is 2.29. The smallest absolute Gasteiger partial charge is 0.268 e. The molecule has 10 heteroatoms. The molecule has 1 saturated heterocycles. The molecule has 206 valence electrons. The fourth-order valence-corrected chi connectivity index (χ4v) is 4.81. The zero-order chi connectivity index (χ0) is 28.0. The number of carbonyl (C=O) groups excluding carboxylic acids is 4. The number of hydrogen-bond acceptors (Lipinski definition) is 6. The van der Waals surface area contributed by atoms with Gasteiger partial charge in [0, 0.05) is 24.4 Å². The number of aromatic nitrogens is 1. The number of nitrogens with one attached hydrogen (secondary N) is 3. The Morgan fingerprint density at radius 3 is 2.55 bits per heavy atom. The number of carbonyl (C=O) groups is 4. The Hall–Kier alpha value is -3.66. The van der Waals surface area contributed by atoms with Gasteiger partial charge in [0.2, 0.25) is 11.8 Å². The number of fused-ring (bicyclic) bond motifs is 1. The Morgan fingerprint density at radius 1 is 1.24 bits per heavy atom. The van der Waals surface area contributed by atoms with E-state index in [0.717, 1.165) is 16.5 Å². The first-order valence-corrected chi connectivity index (χ1v) is 12.9. The van der Waals surface area contributed by atoms with Crippen molar-refractivity contribution in [2.75, 3.05) is 20.3 Å². The van der Waals surface area contributed by atoms with Crippen LogP contribution in [0.3, 0.4) is 0 Å². The van der Waals surface area contributed by atoms with Crippen molar-refractivity contribution >= 4 is 34.4 Å². The highest BCUT2D eigenvalue weighted by molar-refractivity contribution is 6.02. The number of allylic oxidation sites excluding steroid dienone is 1. The van der Waals surface area contributed by atoms with Crippen LogP contribution in [0.2, 0.25) is 0 Å². The maximum Gasteiger partial charge on any atom is 0.268 e. The zero-order valence-corrected chi connectivity index (χ0v) is 22.5. The number of nitrogens with zero attached hydrogens (tertiary/aromatic N) is 1. The quantitative estimate of drug-likeness (QED) is 0.294. The van der Waals surface area contributed by atoms with Gasteiger partial charge < -0.3 is 30.4 Å². The Kier molecular flexibility index (Phi) is 9.68. The van der Waals surface area contributed by atoms with E-state index in [4.69, 9.17) is 4.74 Å². The maximum absolute atomic E-state index is 13.6. The third kappa shape index (κ3) is 6.80. The largest absolute Gasteiger partial charge is 0.496 e. The molecular formula is C28H38N4O6. The molecule has 0 bridgehead atoms. The normalized spacial score (nSPS) is 16.7. The lowest BCUT2D eigenvalue weighted by Gasteiger charge is -2.25. The molecule has 10 nitrogen and oxygen atoms in total. The number of aliphatic hydroxyl groups is 1. The summed E-state index contributed by atoms with van der Waals surface area (Å²) in [5.41, 5.74) is 1.99. The summed E-state index contributed by atoms with van der Waals surface area (Å²) >= 11 is 0. The van der Waals surface area contributed by atoms with Gasteiger partial charge in [-0.3, -0.25) is 19.2 Å². The van der Waals surface area contributed by atoms with Gasteiger partial charge in [-0.1, -0.05) is 32.1 Å². The molecule has 4 N–H and O–H groups in total. The fraction of sp³-hybridized carbons (Fsp3) is 0.500. The Labute approximate surface area is 222 Å². The molecule has 2 heterocycles. The minimum atomic E-state index is -1.04. The van der Waals surface area contributed by atoms with Crippen molar-refractivity contribution in [1.82, 2.24) is 20.5 Å². The van der Waals surface area contributed by atoms with Gasteiger partial charge in [-0.2, -0.15) is 0 Å². The van der Waals surface area contributed by atoms with E-state index in [-0.39, 0.29) is 18.2 Å². The average Bonchev–Trinajstić information content (AvgIpc) is 3.44. The molecule has 3 rings (SSSR count). The van der Waals surface area contributed by atoms with Crippen LogP contribution >= 0.6 is 0 Å². The van der Waals surface area contributed by atoms with E-state index in [9.17, 15) is 24.3 Å². The molecular weight excluding hydrogens is 488 g/mol. The summed E-state index contributed by atoms with van der Waals surface area (Å²) in [6.45, 7) is 9.85. The summed E-state index contributed by atoms with van der Waals surface area (Å²) in [6.07, 6.45) is 0.963. The van der Waals surface area contributed by atoms with Crippen molar-refractivity contribution in [3.63, 3.8) is 0 Å². The topological polar surface area (TPSA) is 139 Å². The standard InChI is InChI=1S/C28H38N4O6/c1-16(2)11-21(27(36)30-20(24(34)15-33)12-18-9-10-29-26(18)35)31-28(37)23-13-19-22(32(23)14-17(3)4)7-6-8-25(19)38-5/h6-8,13,16,18,20-21,33H,3,9-12,14-15H2,1-2,4-5H3,(H,29,35)(H,30,36)(H,31,37)/t18-,20-,21-/m1/s1. The Morgan fingerprint density at radius 2 is 1.97 bits per heavy atom. The summed E-state index contributed by atoms with van der Waals surface area (Å²) < 4.78 is 7.31. The first kappa shape index (κ1) is 28.9. The summed E-state index contributed by atoms with van der Waals surface area (Å²) in [5, 5.41) is 18.5. The van der Waals surface area contributed by atoms with Gasteiger partial charge in [-0.25, -0.2) is 0 Å². The maximum atomic E-state index is 13.6. The van der Waals surface area contributed by atoms with Crippen LogP contribution in [0.5, 0.6) is 5.75 Å². The molecule has 0 saturated carbocycles. The van der Waals surface area contributed by atoms with Gasteiger partial charge >= 0.3 is 0 Å². The van der Waals surface area contributed by atoms with Crippen LogP contribution in [0.1, 0.15) is 50.5 Å². The molecule has 1 aliphatic rings. The van der Waals surface area contributed by atoms with Crippen LogP contribution in [-0.2, 0) is 20.9 Å². The molecule has 38 heavy (non-hydrogen) atoms. The van der Waals surface area contributed by atoms with E-state index in [0.29, 0.717) is 37.4 Å². The molecule has 1 aromatic heterocycles. The number of ether oxygens (including phenoxy) is 1. The predicted molar refractivity (Wildman–Crippen MR) is 144 cm³/mol. The summed E-state index contributed by atoms with van der Waals surface area (Å²) in [6, 6.07) is 5.30. The molecule has 1 fully saturated rings. The van der Waals surface area contributed by atoms with Crippen LogP contribution in [0.15, 0.2) is 36.4 Å². The first-order valence-electron chi connectivity index (χ1n) is 12.9. The molecule has 3 atom stereocenters. The van der Waals surface area contributed by atoms with Gasteiger partial charge in [-0.05, 0) is 50.3 Å². The number of hydrogen-bond donors (Lipinski definition) is 4. The van der Waals surface area contributed by atoms with Crippen molar-refractivity contribution in [2.45, 2.75) is 58.7 Å². The van der Waals surface area contributed by atoms with E-state index in [1.807, 2.05) is 43.5 Å². The predicted octanol–water partition coefficient (Wildman–Crippen LogP) is 1.94. The number of rotatable bonds is 13. The highest BCUT2D eigenvalue weighted by atomic mass is 16.5. The van der Waals surface area contributed by atoms with Gasteiger partial charge in [0.25, 0.3) is 5.91 Å². The van der Waals surface area contributed by atoms with Crippen LogP contribution in [-0.4, -0.2) is 65.5 Å². The minimum absolute atomic E-state index is 0.0556. The number of amides is 3. The third-order valence-electron chi connectivity index (χ3n) is 6.66. The van der Waals surface area contributed by atoms with Gasteiger partial charge in [0.05, 0.1) is 18.7 Å². The number of benzene rings is 1. The summed E-state index contributed by atoms with van der Waals surface area (Å²) in [7, 11) is 1.56. The number of methoxy groups -OCH3 is 1. The molecule has 3 amide bonds. The summed E-state index contributed by atoms with van der Waals surface area (Å²) in [4.78, 5) is 51.4. The molecule has 0 unspecified atom stereocenters. The van der Waals surface area contributed by atoms with Gasteiger partial charge in [0.1, 0.15) is 24.1 Å².